The molecule has 0 bridgehead atoms. The van der Waals surface area contributed by atoms with Crippen molar-refractivity contribution in [3.8, 4) is 0 Å². The molecule has 1 amide bonds. The zero-order valence-corrected chi connectivity index (χ0v) is 14.9. The van der Waals surface area contributed by atoms with Crippen LogP contribution in [0.4, 0.5) is 0 Å². The molecule has 9 heteroatoms. The molecule has 1 aromatic carbocycles. The van der Waals surface area contributed by atoms with Crippen molar-refractivity contribution in [1.29, 1.82) is 0 Å². The molecule has 128 valence electrons. The molecule has 1 fully saturated rings. The molecule has 0 saturated heterocycles. The second-order valence-corrected chi connectivity index (χ2v) is 7.58. The molecule has 3 aromatic rings. The number of carbonyl (C=O) groups excluding carboxylic acids is 1. The molecule has 1 aliphatic rings. The highest BCUT2D eigenvalue weighted by molar-refractivity contribution is 7.99. The van der Waals surface area contributed by atoms with Crippen molar-refractivity contribution in [3.63, 3.8) is 0 Å². The van der Waals surface area contributed by atoms with E-state index < -0.39 is 0 Å². The average molecular weight is 372 g/mol. The van der Waals surface area contributed by atoms with Crippen molar-refractivity contribution in [1.82, 2.24) is 30.5 Å². The third-order valence-electron chi connectivity index (χ3n) is 3.82. The van der Waals surface area contributed by atoms with E-state index in [1.165, 1.54) is 23.1 Å². The fourth-order valence-corrected chi connectivity index (χ4v) is 3.94. The van der Waals surface area contributed by atoms with Gasteiger partial charge in [-0.05, 0) is 28.8 Å². The molecule has 1 saturated carbocycles. The first-order valence-electron chi connectivity index (χ1n) is 7.95. The van der Waals surface area contributed by atoms with Crippen LogP contribution in [0.3, 0.4) is 0 Å². The summed E-state index contributed by atoms with van der Waals surface area (Å²) in [7, 11) is 0. The zero-order chi connectivity index (χ0) is 17.1. The summed E-state index contributed by atoms with van der Waals surface area (Å²) in [6.07, 6.45) is 3.95. The molecule has 25 heavy (non-hydrogen) atoms. The number of nitrogens with one attached hydrogen (secondary N) is 1. The number of aromatic nitrogens is 5. The zero-order valence-electron chi connectivity index (χ0n) is 13.3. The van der Waals surface area contributed by atoms with Crippen LogP contribution in [0, 0.1) is 0 Å². The Balaban J connectivity index is 1.43. The third kappa shape index (κ3) is 3.88. The Morgan fingerprint density at radius 2 is 2.20 bits per heavy atom. The number of carbonyl (C=O) groups is 1. The van der Waals surface area contributed by atoms with E-state index in [1.54, 1.807) is 6.20 Å². The Labute approximate surface area is 152 Å². The van der Waals surface area contributed by atoms with E-state index in [1.807, 2.05) is 40.4 Å². The van der Waals surface area contributed by atoms with Crippen LogP contribution < -0.4 is 5.32 Å². The van der Waals surface area contributed by atoms with Gasteiger partial charge in [0.15, 0.2) is 0 Å². The van der Waals surface area contributed by atoms with Gasteiger partial charge in [0.2, 0.25) is 11.1 Å². The summed E-state index contributed by atoms with van der Waals surface area (Å²) < 4.78 is 1.81. The minimum Gasteiger partial charge on any atom is -0.342 e. The van der Waals surface area contributed by atoms with Crippen molar-refractivity contribution >= 4 is 29.0 Å². The number of nitrogens with zero attached hydrogens (tertiary/aromatic N) is 5. The lowest BCUT2D eigenvalue weighted by atomic mass is 10.1. The van der Waals surface area contributed by atoms with Crippen LogP contribution in [0.15, 0.2) is 47.1 Å². The first-order valence-corrected chi connectivity index (χ1v) is 9.82. The molecule has 0 radical (unpaired) electrons. The van der Waals surface area contributed by atoms with Gasteiger partial charge in [-0.3, -0.25) is 4.79 Å². The smallest absolute Gasteiger partial charge is 0.231 e. The summed E-state index contributed by atoms with van der Waals surface area (Å²) in [6.45, 7) is 0. The predicted octanol–water partition coefficient (Wildman–Crippen LogP) is 2.46. The summed E-state index contributed by atoms with van der Waals surface area (Å²) in [6, 6.07) is 10.0. The van der Waals surface area contributed by atoms with E-state index in [0.717, 1.165) is 23.4 Å². The highest BCUT2D eigenvalue weighted by atomic mass is 32.2. The van der Waals surface area contributed by atoms with Gasteiger partial charge in [-0.25, -0.2) is 9.67 Å². The maximum atomic E-state index is 12.5. The minimum absolute atomic E-state index is 0.0700. The standard InChI is InChI=1S/C16H16N6OS2/c23-13(10-25-16-19-20-21-22(16)12-6-7-12)18-14(15-17-8-9-24-15)11-4-2-1-3-5-11/h1-5,8-9,12,14H,6-7,10H2,(H,18,23). The molecule has 1 unspecified atom stereocenters. The van der Waals surface area contributed by atoms with Crippen LogP contribution in [0.1, 0.15) is 35.5 Å². The third-order valence-corrected chi connectivity index (χ3v) is 5.60. The first kappa shape index (κ1) is 16.2. The molecule has 1 N–H and O–H groups in total. The van der Waals surface area contributed by atoms with Crippen LogP contribution in [0.5, 0.6) is 0 Å². The first-order chi connectivity index (χ1) is 12.3. The van der Waals surface area contributed by atoms with Crippen molar-refractivity contribution in [2.24, 2.45) is 0 Å². The fourth-order valence-electron chi connectivity index (χ4n) is 2.47. The number of hydrogen-bond donors (Lipinski definition) is 1. The summed E-state index contributed by atoms with van der Waals surface area (Å²) in [5.41, 5.74) is 1.01. The molecule has 4 rings (SSSR count). The molecule has 2 aromatic heterocycles. The van der Waals surface area contributed by atoms with Gasteiger partial charge in [0.1, 0.15) is 11.0 Å². The van der Waals surface area contributed by atoms with Crippen molar-refractivity contribution < 1.29 is 4.79 Å². The number of tetrazole rings is 1. The Morgan fingerprint density at radius 3 is 2.92 bits per heavy atom. The summed E-state index contributed by atoms with van der Waals surface area (Å²) in [5.74, 6) is 0.196. The molecule has 0 aliphatic heterocycles. The van der Waals surface area contributed by atoms with Crippen LogP contribution in [0.25, 0.3) is 0 Å². The highest BCUT2D eigenvalue weighted by Gasteiger charge is 2.28. The van der Waals surface area contributed by atoms with Gasteiger partial charge < -0.3 is 5.32 Å². The summed E-state index contributed by atoms with van der Waals surface area (Å²) in [5, 5.41) is 18.3. The Kier molecular flexibility index (Phi) is 4.75. The van der Waals surface area contributed by atoms with Gasteiger partial charge in [-0.1, -0.05) is 42.1 Å². The Morgan fingerprint density at radius 1 is 1.36 bits per heavy atom. The second kappa shape index (κ2) is 7.32. The van der Waals surface area contributed by atoms with E-state index in [9.17, 15) is 4.79 Å². The van der Waals surface area contributed by atoms with Gasteiger partial charge in [0.05, 0.1) is 11.8 Å². The quantitative estimate of drug-likeness (QED) is 0.641. The van der Waals surface area contributed by atoms with Crippen molar-refractivity contribution in [2.45, 2.75) is 30.1 Å². The highest BCUT2D eigenvalue weighted by Crippen LogP contribution is 2.36. The number of benzene rings is 1. The van der Waals surface area contributed by atoms with Crippen LogP contribution in [-0.2, 0) is 4.79 Å². The molecule has 0 spiro atoms. The topological polar surface area (TPSA) is 85.6 Å². The molecule has 2 heterocycles. The van der Waals surface area contributed by atoms with Crippen molar-refractivity contribution in [3.05, 3.63) is 52.5 Å². The maximum Gasteiger partial charge on any atom is 0.231 e. The van der Waals surface area contributed by atoms with E-state index >= 15 is 0 Å². The number of rotatable bonds is 7. The lowest BCUT2D eigenvalue weighted by molar-refractivity contribution is -0.119. The minimum atomic E-state index is -0.242. The van der Waals surface area contributed by atoms with Gasteiger partial charge in [-0.2, -0.15) is 0 Å². The number of hydrogen-bond acceptors (Lipinski definition) is 7. The van der Waals surface area contributed by atoms with Gasteiger partial charge in [0.25, 0.3) is 0 Å². The van der Waals surface area contributed by atoms with Crippen LogP contribution in [0.2, 0.25) is 0 Å². The average Bonchev–Trinajstić information content (AvgIpc) is 3.15. The molecule has 1 atom stereocenters. The van der Waals surface area contributed by atoms with Gasteiger partial charge in [0, 0.05) is 11.6 Å². The number of thioether (sulfide) groups is 1. The summed E-state index contributed by atoms with van der Waals surface area (Å²) >= 11 is 2.89. The lowest BCUT2D eigenvalue weighted by Gasteiger charge is -2.17. The predicted molar refractivity (Wildman–Crippen MR) is 95.4 cm³/mol. The van der Waals surface area contributed by atoms with Crippen molar-refractivity contribution in [2.75, 3.05) is 5.75 Å². The number of amides is 1. The summed E-state index contributed by atoms with van der Waals surface area (Å²) in [4.78, 5) is 16.8. The fraction of sp³-hybridized carbons (Fsp3) is 0.312. The monoisotopic (exact) mass is 372 g/mol. The Bertz CT molecular complexity index is 831. The number of thiazole rings is 1. The molecular formula is C16H16N6OS2. The van der Waals surface area contributed by atoms with E-state index in [4.69, 9.17) is 0 Å². The van der Waals surface area contributed by atoms with Gasteiger partial charge >= 0.3 is 0 Å². The van der Waals surface area contributed by atoms with Crippen LogP contribution >= 0.6 is 23.1 Å². The molecule has 1 aliphatic carbocycles. The molecule has 7 nitrogen and oxygen atoms in total. The normalized spacial score (nSPS) is 15.0. The van der Waals surface area contributed by atoms with Crippen LogP contribution in [-0.4, -0.2) is 36.9 Å². The van der Waals surface area contributed by atoms with E-state index in [-0.39, 0.29) is 17.7 Å². The van der Waals surface area contributed by atoms with E-state index in [2.05, 4.69) is 25.8 Å². The molecular weight excluding hydrogens is 356 g/mol. The SMILES string of the molecule is O=C(CSc1nnnn1C1CC1)NC(c1ccccc1)c1nccs1. The van der Waals surface area contributed by atoms with E-state index in [0.29, 0.717) is 11.2 Å². The maximum absolute atomic E-state index is 12.5. The Hall–Kier alpha value is -2.26. The largest absolute Gasteiger partial charge is 0.342 e. The second-order valence-electron chi connectivity index (χ2n) is 5.71. The van der Waals surface area contributed by atoms with Gasteiger partial charge in [-0.15, -0.1) is 16.4 Å². The lowest BCUT2D eigenvalue weighted by Crippen LogP contribution is -2.30.